The SMILES string of the molecule is CC/C=C\C/C=C\C/C=C\C/C=C\CCCCCCCCCCCCCCC(=O)OCC(COC(=O)CCCCCCC/C=C\CCC)OC(=O)CCCCCCCCC/C=C\CCCCCCCCC. The van der Waals surface area contributed by atoms with Crippen molar-refractivity contribution in [2.24, 2.45) is 0 Å². The molecule has 0 aromatic rings. The molecule has 0 aromatic carbocycles. The van der Waals surface area contributed by atoms with Gasteiger partial charge >= 0.3 is 17.9 Å². The lowest BCUT2D eigenvalue weighted by Gasteiger charge is -2.18. The number of hydrogen-bond donors (Lipinski definition) is 0. The first-order valence-corrected chi connectivity index (χ1v) is 30.4. The molecule has 0 heterocycles. The van der Waals surface area contributed by atoms with Gasteiger partial charge in [0, 0.05) is 19.3 Å². The lowest BCUT2D eigenvalue weighted by atomic mass is 10.0. The van der Waals surface area contributed by atoms with Gasteiger partial charge < -0.3 is 14.2 Å². The number of rotatable bonds is 55. The zero-order chi connectivity index (χ0) is 51.4. The van der Waals surface area contributed by atoms with Crippen molar-refractivity contribution in [2.45, 2.75) is 309 Å². The molecule has 0 saturated carbocycles. The molecule has 0 rings (SSSR count). The molecule has 0 aliphatic carbocycles. The monoisotopic (exact) mass is 991 g/mol. The fourth-order valence-electron chi connectivity index (χ4n) is 8.61. The molecule has 1 atom stereocenters. The van der Waals surface area contributed by atoms with Crippen LogP contribution in [0.5, 0.6) is 0 Å². The fourth-order valence-corrected chi connectivity index (χ4v) is 8.61. The minimum absolute atomic E-state index is 0.0792. The highest BCUT2D eigenvalue weighted by Crippen LogP contribution is 2.16. The largest absolute Gasteiger partial charge is 0.462 e. The maximum absolute atomic E-state index is 12.9. The Hall–Kier alpha value is -3.15. The lowest BCUT2D eigenvalue weighted by molar-refractivity contribution is -0.167. The number of ether oxygens (including phenoxy) is 3. The van der Waals surface area contributed by atoms with Crippen LogP contribution in [-0.4, -0.2) is 37.2 Å². The summed E-state index contributed by atoms with van der Waals surface area (Å²) in [6.07, 6.45) is 76.2. The molecular weight excluding hydrogens is 877 g/mol. The van der Waals surface area contributed by atoms with Gasteiger partial charge in [-0.05, 0) is 103 Å². The van der Waals surface area contributed by atoms with E-state index in [1.165, 1.54) is 167 Å². The van der Waals surface area contributed by atoms with Crippen LogP contribution in [0.1, 0.15) is 303 Å². The summed E-state index contributed by atoms with van der Waals surface area (Å²) in [5.74, 6) is -0.886. The van der Waals surface area contributed by atoms with E-state index in [0.717, 1.165) is 96.3 Å². The zero-order valence-electron chi connectivity index (χ0n) is 47.0. The van der Waals surface area contributed by atoms with Gasteiger partial charge in [0.1, 0.15) is 13.2 Å². The topological polar surface area (TPSA) is 78.9 Å². The summed E-state index contributed by atoms with van der Waals surface area (Å²) in [4.78, 5) is 38.1. The van der Waals surface area contributed by atoms with Gasteiger partial charge in [0.2, 0.25) is 0 Å². The van der Waals surface area contributed by atoms with Crippen molar-refractivity contribution in [1.82, 2.24) is 0 Å². The van der Waals surface area contributed by atoms with E-state index in [4.69, 9.17) is 14.2 Å². The molecule has 410 valence electrons. The number of carbonyl (C=O) groups excluding carboxylic acids is 3. The van der Waals surface area contributed by atoms with Gasteiger partial charge in [0.15, 0.2) is 6.10 Å². The van der Waals surface area contributed by atoms with E-state index in [2.05, 4.69) is 93.7 Å². The van der Waals surface area contributed by atoms with Crippen molar-refractivity contribution < 1.29 is 28.6 Å². The van der Waals surface area contributed by atoms with Crippen molar-refractivity contribution in [3.8, 4) is 0 Å². The van der Waals surface area contributed by atoms with E-state index in [-0.39, 0.29) is 31.1 Å². The second-order valence-electron chi connectivity index (χ2n) is 20.2. The zero-order valence-corrected chi connectivity index (χ0v) is 47.0. The Morgan fingerprint density at radius 3 is 0.930 bits per heavy atom. The minimum atomic E-state index is -0.781. The standard InChI is InChI=1S/C65H114O6/c1-4-7-10-13-16-19-22-24-26-28-30-31-32-33-34-35-36-38-39-41-43-46-49-52-55-58-64(67)70-61-62(60-69-63(66)57-54-51-48-45-21-18-15-12-9-6-3)71-65(68)59-56-53-50-47-44-42-40-37-29-27-25-23-20-17-14-11-8-5-2/h7,10,12,15-16,19,24,26-27,29-31,62H,4-6,8-9,11,13-14,17-18,20-23,25,28,32-61H2,1-3H3/b10-7-,15-12-,19-16-,26-24-,29-27-,31-30-. The summed E-state index contributed by atoms with van der Waals surface area (Å²) >= 11 is 0. The first kappa shape index (κ1) is 67.8. The number of allylic oxidation sites excluding steroid dienone is 12. The molecule has 0 aliphatic heterocycles. The molecule has 6 heteroatoms. The van der Waals surface area contributed by atoms with Crippen LogP contribution in [0.2, 0.25) is 0 Å². The molecular formula is C65H114O6. The summed E-state index contributed by atoms with van der Waals surface area (Å²) in [7, 11) is 0. The molecule has 0 radical (unpaired) electrons. The average molecular weight is 992 g/mol. The Kier molecular flexibility index (Phi) is 56.8. The highest BCUT2D eigenvalue weighted by molar-refractivity contribution is 5.71. The molecule has 6 nitrogen and oxygen atoms in total. The molecule has 0 spiro atoms. The van der Waals surface area contributed by atoms with Crippen LogP contribution >= 0.6 is 0 Å². The first-order valence-electron chi connectivity index (χ1n) is 30.4. The predicted molar refractivity (Wildman–Crippen MR) is 307 cm³/mol. The van der Waals surface area contributed by atoms with Crippen molar-refractivity contribution >= 4 is 17.9 Å². The lowest BCUT2D eigenvalue weighted by Crippen LogP contribution is -2.30. The van der Waals surface area contributed by atoms with Crippen LogP contribution in [0.4, 0.5) is 0 Å². The molecule has 0 aromatic heterocycles. The van der Waals surface area contributed by atoms with Crippen molar-refractivity contribution in [3.05, 3.63) is 72.9 Å². The Bertz CT molecular complexity index is 1320. The van der Waals surface area contributed by atoms with E-state index in [1.54, 1.807) is 0 Å². The van der Waals surface area contributed by atoms with E-state index < -0.39 is 6.10 Å². The highest BCUT2D eigenvalue weighted by Gasteiger charge is 2.19. The third-order valence-corrected chi connectivity index (χ3v) is 13.1. The molecule has 0 fully saturated rings. The third kappa shape index (κ3) is 57.6. The van der Waals surface area contributed by atoms with Crippen LogP contribution in [0.3, 0.4) is 0 Å². The van der Waals surface area contributed by atoms with Crippen LogP contribution in [-0.2, 0) is 28.6 Å². The Labute approximate surface area is 440 Å². The van der Waals surface area contributed by atoms with Gasteiger partial charge in [-0.15, -0.1) is 0 Å². The molecule has 0 N–H and O–H groups in total. The molecule has 0 saturated heterocycles. The predicted octanol–water partition coefficient (Wildman–Crippen LogP) is 20.5. The number of hydrogen-bond acceptors (Lipinski definition) is 6. The molecule has 0 amide bonds. The highest BCUT2D eigenvalue weighted by atomic mass is 16.6. The number of unbranched alkanes of at least 4 members (excludes halogenated alkanes) is 32. The smallest absolute Gasteiger partial charge is 0.306 e. The Morgan fingerprint density at radius 1 is 0.296 bits per heavy atom. The van der Waals surface area contributed by atoms with Crippen LogP contribution in [0, 0.1) is 0 Å². The van der Waals surface area contributed by atoms with Gasteiger partial charge in [0.25, 0.3) is 0 Å². The van der Waals surface area contributed by atoms with Crippen LogP contribution in [0.15, 0.2) is 72.9 Å². The summed E-state index contributed by atoms with van der Waals surface area (Å²) in [5.41, 5.74) is 0. The van der Waals surface area contributed by atoms with E-state index in [0.29, 0.717) is 19.3 Å². The Balaban J connectivity index is 4.24. The Morgan fingerprint density at radius 2 is 0.577 bits per heavy atom. The van der Waals surface area contributed by atoms with Crippen LogP contribution < -0.4 is 0 Å². The van der Waals surface area contributed by atoms with Crippen molar-refractivity contribution in [3.63, 3.8) is 0 Å². The minimum Gasteiger partial charge on any atom is -0.462 e. The maximum Gasteiger partial charge on any atom is 0.306 e. The number of carbonyl (C=O) groups is 3. The van der Waals surface area contributed by atoms with Gasteiger partial charge in [0.05, 0.1) is 0 Å². The van der Waals surface area contributed by atoms with Gasteiger partial charge in [-0.3, -0.25) is 14.4 Å². The molecule has 1 unspecified atom stereocenters. The second kappa shape index (κ2) is 59.4. The van der Waals surface area contributed by atoms with Crippen LogP contribution in [0.25, 0.3) is 0 Å². The third-order valence-electron chi connectivity index (χ3n) is 13.1. The van der Waals surface area contributed by atoms with Gasteiger partial charge in [-0.25, -0.2) is 0 Å². The van der Waals surface area contributed by atoms with Crippen molar-refractivity contribution in [1.29, 1.82) is 0 Å². The number of esters is 3. The van der Waals surface area contributed by atoms with Gasteiger partial charge in [-0.1, -0.05) is 254 Å². The average Bonchev–Trinajstić information content (AvgIpc) is 3.37. The quantitative estimate of drug-likeness (QED) is 0.0261. The van der Waals surface area contributed by atoms with E-state index >= 15 is 0 Å². The second-order valence-corrected chi connectivity index (χ2v) is 20.2. The first-order chi connectivity index (χ1) is 35.0. The summed E-state index contributed by atoms with van der Waals surface area (Å²) in [6, 6.07) is 0. The van der Waals surface area contributed by atoms with E-state index in [9.17, 15) is 14.4 Å². The summed E-state index contributed by atoms with van der Waals surface area (Å²) < 4.78 is 16.9. The van der Waals surface area contributed by atoms with Crippen molar-refractivity contribution in [2.75, 3.05) is 13.2 Å². The van der Waals surface area contributed by atoms with Gasteiger partial charge in [-0.2, -0.15) is 0 Å². The normalized spacial score (nSPS) is 12.5. The molecule has 0 bridgehead atoms. The molecule has 71 heavy (non-hydrogen) atoms. The molecule has 0 aliphatic rings. The fraction of sp³-hybridized carbons (Fsp3) is 0.769. The van der Waals surface area contributed by atoms with E-state index in [1.807, 2.05) is 0 Å². The maximum atomic E-state index is 12.9. The summed E-state index contributed by atoms with van der Waals surface area (Å²) in [5, 5.41) is 0. The summed E-state index contributed by atoms with van der Waals surface area (Å²) in [6.45, 7) is 6.48.